The van der Waals surface area contributed by atoms with Crippen LogP contribution in [0.25, 0.3) is 10.2 Å². The van der Waals surface area contributed by atoms with Gasteiger partial charge in [0.15, 0.2) is 0 Å². The largest absolute Gasteiger partial charge is 0.478 e. The predicted octanol–water partition coefficient (Wildman–Crippen LogP) is 2.99. The van der Waals surface area contributed by atoms with Crippen molar-refractivity contribution in [2.45, 2.75) is 13.0 Å². The first kappa shape index (κ1) is 16.1. The van der Waals surface area contributed by atoms with Gasteiger partial charge in [0, 0.05) is 12.6 Å². The number of amides is 1. The Kier molecular flexibility index (Phi) is 4.52. The number of carbonyl (C=O) groups is 2. The lowest BCUT2D eigenvalue weighted by atomic mass is 10.1. The van der Waals surface area contributed by atoms with Crippen LogP contribution in [0.5, 0.6) is 0 Å². The van der Waals surface area contributed by atoms with Crippen LogP contribution in [0, 0.1) is 5.82 Å². The lowest BCUT2D eigenvalue weighted by Crippen LogP contribution is -2.24. The van der Waals surface area contributed by atoms with Crippen molar-refractivity contribution in [3.05, 3.63) is 64.4 Å². The fraction of sp³-hybridized carbons (Fsp3) is 0.118. The fourth-order valence-electron chi connectivity index (χ4n) is 2.24. The first-order valence-electron chi connectivity index (χ1n) is 7.15. The lowest BCUT2D eigenvalue weighted by molar-refractivity contribution is -0.120. The third-order valence-corrected chi connectivity index (χ3v) is 4.41. The van der Waals surface area contributed by atoms with Crippen molar-refractivity contribution in [1.29, 1.82) is 0 Å². The summed E-state index contributed by atoms with van der Waals surface area (Å²) >= 11 is 1.35. The summed E-state index contributed by atoms with van der Waals surface area (Å²) in [6, 6.07) is 10.7. The molecule has 0 aliphatic carbocycles. The number of hydrogen-bond donors (Lipinski definition) is 2. The molecule has 0 atom stereocenters. The molecule has 2 aromatic carbocycles. The minimum absolute atomic E-state index is 0.0968. The second-order valence-electron chi connectivity index (χ2n) is 5.18. The number of aromatic nitrogens is 1. The van der Waals surface area contributed by atoms with E-state index in [1.54, 1.807) is 18.2 Å². The molecule has 0 saturated carbocycles. The number of carbonyl (C=O) groups excluding carboxylic acids is 1. The molecular weight excluding hydrogens is 331 g/mol. The molecule has 7 heteroatoms. The van der Waals surface area contributed by atoms with E-state index < -0.39 is 5.97 Å². The van der Waals surface area contributed by atoms with Crippen LogP contribution >= 0.6 is 11.3 Å². The quantitative estimate of drug-likeness (QED) is 0.746. The van der Waals surface area contributed by atoms with E-state index in [1.807, 2.05) is 0 Å². The van der Waals surface area contributed by atoms with Crippen LogP contribution in [-0.2, 0) is 17.8 Å². The normalized spacial score (nSPS) is 10.7. The van der Waals surface area contributed by atoms with Gasteiger partial charge in [0.25, 0.3) is 0 Å². The van der Waals surface area contributed by atoms with Gasteiger partial charge in [-0.2, -0.15) is 0 Å². The second-order valence-corrected chi connectivity index (χ2v) is 6.29. The number of fused-ring (bicyclic) bond motifs is 1. The van der Waals surface area contributed by atoms with Gasteiger partial charge in [-0.15, -0.1) is 11.3 Å². The summed E-state index contributed by atoms with van der Waals surface area (Å²) < 4.78 is 14.0. The highest BCUT2D eigenvalue weighted by molar-refractivity contribution is 7.18. The van der Waals surface area contributed by atoms with Gasteiger partial charge in [-0.05, 0) is 29.8 Å². The molecule has 2 N–H and O–H groups in total. The first-order chi connectivity index (χ1) is 11.5. The van der Waals surface area contributed by atoms with Crippen molar-refractivity contribution in [3.8, 4) is 0 Å². The number of hydrogen-bond acceptors (Lipinski definition) is 4. The molecule has 1 aromatic heterocycles. The molecule has 3 rings (SSSR count). The lowest BCUT2D eigenvalue weighted by Gasteiger charge is -2.05. The van der Waals surface area contributed by atoms with Crippen molar-refractivity contribution >= 4 is 33.4 Å². The van der Waals surface area contributed by atoms with Crippen LogP contribution in [0.2, 0.25) is 0 Å². The van der Waals surface area contributed by atoms with Crippen molar-refractivity contribution in [2.24, 2.45) is 0 Å². The highest BCUT2D eigenvalue weighted by Gasteiger charge is 2.10. The average Bonchev–Trinajstić information content (AvgIpc) is 2.94. The van der Waals surface area contributed by atoms with E-state index in [0.717, 1.165) is 4.70 Å². The third kappa shape index (κ3) is 3.75. The maximum Gasteiger partial charge on any atom is 0.335 e. The van der Waals surface area contributed by atoms with Gasteiger partial charge in [0.2, 0.25) is 5.91 Å². The van der Waals surface area contributed by atoms with Gasteiger partial charge in [0.05, 0.1) is 22.2 Å². The molecule has 0 bridgehead atoms. The number of benzene rings is 2. The fourth-order valence-corrected chi connectivity index (χ4v) is 3.19. The highest BCUT2D eigenvalue weighted by atomic mass is 32.1. The van der Waals surface area contributed by atoms with Crippen molar-refractivity contribution in [1.82, 2.24) is 10.3 Å². The zero-order valence-corrected chi connectivity index (χ0v) is 13.3. The number of nitrogens with zero attached hydrogens (tertiary/aromatic N) is 1. The maximum absolute atomic E-state index is 13.1. The molecule has 0 saturated heterocycles. The Morgan fingerprint density at radius 2 is 2.04 bits per heavy atom. The number of carboxylic acids is 1. The Morgan fingerprint density at radius 1 is 1.21 bits per heavy atom. The number of thiazole rings is 1. The number of aromatic carboxylic acids is 1. The van der Waals surface area contributed by atoms with Crippen LogP contribution in [-0.4, -0.2) is 22.0 Å². The molecule has 122 valence electrons. The first-order valence-corrected chi connectivity index (χ1v) is 7.97. The number of nitrogens with one attached hydrogen (secondary N) is 1. The minimum atomic E-state index is -1.01. The van der Waals surface area contributed by atoms with Crippen molar-refractivity contribution < 1.29 is 19.1 Å². The van der Waals surface area contributed by atoms with E-state index in [0.29, 0.717) is 16.1 Å². The summed E-state index contributed by atoms with van der Waals surface area (Å²) in [5, 5.41) is 12.3. The van der Waals surface area contributed by atoms with E-state index >= 15 is 0 Å². The Hall–Kier alpha value is -2.80. The number of rotatable bonds is 5. The molecule has 1 heterocycles. The molecule has 5 nitrogen and oxygen atoms in total. The van der Waals surface area contributed by atoms with Crippen LogP contribution in [0.4, 0.5) is 4.39 Å². The smallest absolute Gasteiger partial charge is 0.335 e. The van der Waals surface area contributed by atoms with E-state index in [2.05, 4.69) is 10.3 Å². The van der Waals surface area contributed by atoms with Crippen molar-refractivity contribution in [3.63, 3.8) is 0 Å². The van der Waals surface area contributed by atoms with Gasteiger partial charge in [0.1, 0.15) is 10.8 Å². The molecule has 1 amide bonds. The minimum Gasteiger partial charge on any atom is -0.478 e. The molecule has 0 spiro atoms. The molecule has 0 unspecified atom stereocenters. The zero-order chi connectivity index (χ0) is 17.1. The topological polar surface area (TPSA) is 79.3 Å². The molecule has 24 heavy (non-hydrogen) atoms. The van der Waals surface area contributed by atoms with Gasteiger partial charge in [-0.3, -0.25) is 4.79 Å². The summed E-state index contributed by atoms with van der Waals surface area (Å²) in [5.74, 6) is -1.60. The van der Waals surface area contributed by atoms with E-state index in [-0.39, 0.29) is 30.3 Å². The second kappa shape index (κ2) is 6.76. The Bertz CT molecular complexity index is 923. The summed E-state index contributed by atoms with van der Waals surface area (Å²) in [4.78, 5) is 27.2. The SMILES string of the molecule is O=C(Cc1nc2cc(F)ccc2s1)NCc1cccc(C(=O)O)c1. The molecule has 0 aliphatic heterocycles. The molecule has 0 fully saturated rings. The zero-order valence-electron chi connectivity index (χ0n) is 12.5. The molecule has 0 aliphatic rings. The number of halogens is 1. The highest BCUT2D eigenvalue weighted by Crippen LogP contribution is 2.23. The molecule has 3 aromatic rings. The van der Waals surface area contributed by atoms with Crippen LogP contribution in [0.1, 0.15) is 20.9 Å². The van der Waals surface area contributed by atoms with E-state index in [1.165, 1.54) is 35.6 Å². The maximum atomic E-state index is 13.1. The average molecular weight is 344 g/mol. The van der Waals surface area contributed by atoms with Gasteiger partial charge in [-0.1, -0.05) is 12.1 Å². The number of carboxylic acid groups (broad SMARTS) is 1. The van der Waals surface area contributed by atoms with Gasteiger partial charge >= 0.3 is 5.97 Å². The predicted molar refractivity (Wildman–Crippen MR) is 88.5 cm³/mol. The third-order valence-electron chi connectivity index (χ3n) is 3.37. The van der Waals surface area contributed by atoms with Crippen molar-refractivity contribution in [2.75, 3.05) is 0 Å². The Labute approximate surface area is 140 Å². The summed E-state index contributed by atoms with van der Waals surface area (Å²) in [6.07, 6.45) is 0.0968. The van der Waals surface area contributed by atoms with Gasteiger partial charge < -0.3 is 10.4 Å². The summed E-state index contributed by atoms with van der Waals surface area (Å²) in [5.41, 5.74) is 1.42. The van der Waals surface area contributed by atoms with Crippen LogP contribution in [0.15, 0.2) is 42.5 Å². The standard InChI is InChI=1S/C17H13FN2O3S/c18-12-4-5-14-13(7-12)20-16(24-14)8-15(21)19-9-10-2-1-3-11(6-10)17(22)23/h1-7H,8-9H2,(H,19,21)(H,22,23). The van der Waals surface area contributed by atoms with Crippen LogP contribution < -0.4 is 5.32 Å². The molecular formula is C17H13FN2O3S. The van der Waals surface area contributed by atoms with E-state index in [4.69, 9.17) is 5.11 Å². The summed E-state index contributed by atoms with van der Waals surface area (Å²) in [7, 11) is 0. The molecule has 0 radical (unpaired) electrons. The Balaban J connectivity index is 1.62. The van der Waals surface area contributed by atoms with Crippen LogP contribution in [0.3, 0.4) is 0 Å². The monoisotopic (exact) mass is 344 g/mol. The Morgan fingerprint density at radius 3 is 2.83 bits per heavy atom. The van der Waals surface area contributed by atoms with E-state index in [9.17, 15) is 14.0 Å². The summed E-state index contributed by atoms with van der Waals surface area (Å²) in [6.45, 7) is 0.236. The van der Waals surface area contributed by atoms with Gasteiger partial charge in [-0.25, -0.2) is 14.2 Å².